The van der Waals surface area contributed by atoms with E-state index >= 15 is 0 Å². The molecule has 186 valence electrons. The predicted molar refractivity (Wildman–Crippen MR) is 130 cm³/mol. The van der Waals surface area contributed by atoms with E-state index in [1.807, 2.05) is 62.4 Å². The number of hydrogen-bond acceptors (Lipinski definition) is 5. The van der Waals surface area contributed by atoms with E-state index in [4.69, 9.17) is 9.84 Å². The largest absolute Gasteiger partial charge is 0.481 e. The van der Waals surface area contributed by atoms with Crippen LogP contribution in [0, 0.1) is 5.92 Å². The minimum atomic E-state index is -1.33. The van der Waals surface area contributed by atoms with E-state index in [2.05, 4.69) is 16.0 Å². The Labute approximate surface area is 204 Å². The van der Waals surface area contributed by atoms with Crippen LogP contribution in [0.4, 0.5) is 4.79 Å². The van der Waals surface area contributed by atoms with Gasteiger partial charge >= 0.3 is 12.1 Å². The first-order chi connectivity index (χ1) is 16.8. The maximum absolute atomic E-state index is 12.5. The van der Waals surface area contributed by atoms with Gasteiger partial charge in [-0.3, -0.25) is 14.4 Å². The molecule has 1 aliphatic carbocycles. The number of carbonyl (C=O) groups is 4. The second-order valence-corrected chi connectivity index (χ2v) is 8.86. The van der Waals surface area contributed by atoms with Crippen LogP contribution in [0.25, 0.3) is 11.1 Å². The third-order valence-corrected chi connectivity index (χ3v) is 5.69. The van der Waals surface area contributed by atoms with Gasteiger partial charge in [-0.15, -0.1) is 0 Å². The number of nitrogens with one attached hydrogen (secondary N) is 3. The summed E-state index contributed by atoms with van der Waals surface area (Å²) in [7, 11) is 0. The summed E-state index contributed by atoms with van der Waals surface area (Å²) < 4.78 is 5.41. The molecule has 4 N–H and O–H groups in total. The van der Waals surface area contributed by atoms with Crippen molar-refractivity contribution in [2.24, 2.45) is 5.92 Å². The molecule has 0 aliphatic heterocycles. The van der Waals surface area contributed by atoms with E-state index in [0.29, 0.717) is 12.5 Å². The number of rotatable bonds is 11. The van der Waals surface area contributed by atoms with Gasteiger partial charge in [0.1, 0.15) is 12.6 Å². The highest BCUT2D eigenvalue weighted by molar-refractivity contribution is 5.89. The average molecular weight is 482 g/mol. The Kier molecular flexibility index (Phi) is 8.83. The minimum absolute atomic E-state index is 0.0191. The number of aliphatic carboxylic acids is 1. The monoisotopic (exact) mass is 481 g/mol. The van der Waals surface area contributed by atoms with E-state index in [-0.39, 0.29) is 31.4 Å². The van der Waals surface area contributed by atoms with Crippen LogP contribution in [0.2, 0.25) is 0 Å². The Morgan fingerprint density at radius 2 is 1.54 bits per heavy atom. The summed E-state index contributed by atoms with van der Waals surface area (Å²) in [5, 5.41) is 16.7. The van der Waals surface area contributed by atoms with Crippen LogP contribution in [0.5, 0.6) is 0 Å². The number of carboxylic acids is 1. The Morgan fingerprint density at radius 1 is 0.943 bits per heavy atom. The van der Waals surface area contributed by atoms with Gasteiger partial charge in [-0.1, -0.05) is 62.4 Å². The molecule has 1 atom stereocenters. The number of amides is 3. The number of alkyl carbamates (subject to hydrolysis) is 1. The van der Waals surface area contributed by atoms with Gasteiger partial charge in [0.15, 0.2) is 0 Å². The molecule has 0 saturated carbocycles. The van der Waals surface area contributed by atoms with Gasteiger partial charge in [-0.25, -0.2) is 4.79 Å². The Bertz CT molecular complexity index is 1040. The van der Waals surface area contributed by atoms with Gasteiger partial charge in [-0.2, -0.15) is 0 Å². The lowest BCUT2D eigenvalue weighted by Crippen LogP contribution is -2.48. The van der Waals surface area contributed by atoms with Gasteiger partial charge in [0.2, 0.25) is 11.8 Å². The number of hydrogen-bond donors (Lipinski definition) is 4. The summed E-state index contributed by atoms with van der Waals surface area (Å²) in [6.07, 6.45) is -1.46. The summed E-state index contributed by atoms with van der Waals surface area (Å²) in [6, 6.07) is 14.4. The van der Waals surface area contributed by atoms with E-state index in [0.717, 1.165) is 22.3 Å². The lowest BCUT2D eigenvalue weighted by molar-refractivity contribution is -0.140. The lowest BCUT2D eigenvalue weighted by Gasteiger charge is -2.18. The van der Waals surface area contributed by atoms with Gasteiger partial charge in [0.25, 0.3) is 0 Å². The fourth-order valence-electron chi connectivity index (χ4n) is 4.00. The number of fused-ring (bicyclic) bond motifs is 3. The second kappa shape index (κ2) is 12.0. The highest BCUT2D eigenvalue weighted by atomic mass is 16.5. The topological polar surface area (TPSA) is 134 Å². The molecular formula is C26H31N3O6. The van der Waals surface area contributed by atoms with Crippen molar-refractivity contribution < 1.29 is 29.0 Å². The van der Waals surface area contributed by atoms with Crippen molar-refractivity contribution in [1.29, 1.82) is 0 Å². The molecule has 1 unspecified atom stereocenters. The molecule has 0 radical (unpaired) electrons. The fourth-order valence-corrected chi connectivity index (χ4v) is 4.00. The molecule has 3 rings (SSSR count). The van der Waals surface area contributed by atoms with Crippen LogP contribution in [0.15, 0.2) is 48.5 Å². The zero-order valence-corrected chi connectivity index (χ0v) is 19.9. The number of benzene rings is 2. The van der Waals surface area contributed by atoms with Crippen molar-refractivity contribution in [2.45, 2.75) is 38.6 Å². The molecule has 0 spiro atoms. The quantitative estimate of drug-likeness (QED) is 0.390. The standard InChI is InChI=1S/C26H31N3O6/c1-16(2)14-28-23(30)11-12-27-25(33)22(13-24(31)32)29-26(34)35-15-21-19-9-5-3-7-17(19)18-8-4-6-10-20(18)21/h3-10,16,21-22H,11-15H2,1-2H3,(H,27,33)(H,28,30)(H,29,34)(H,31,32). The van der Waals surface area contributed by atoms with Crippen LogP contribution in [-0.4, -0.2) is 54.7 Å². The second-order valence-electron chi connectivity index (χ2n) is 8.86. The average Bonchev–Trinajstić information content (AvgIpc) is 3.14. The molecule has 9 nitrogen and oxygen atoms in total. The van der Waals surface area contributed by atoms with E-state index in [9.17, 15) is 19.2 Å². The molecule has 1 aliphatic rings. The maximum atomic E-state index is 12.5. The van der Waals surface area contributed by atoms with E-state index < -0.39 is 30.4 Å². The molecule has 2 aromatic rings. The van der Waals surface area contributed by atoms with Crippen LogP contribution in [-0.2, 0) is 19.1 Å². The predicted octanol–water partition coefficient (Wildman–Crippen LogP) is 2.65. The molecule has 9 heteroatoms. The first-order valence-corrected chi connectivity index (χ1v) is 11.6. The molecule has 3 amide bonds. The maximum Gasteiger partial charge on any atom is 0.407 e. The van der Waals surface area contributed by atoms with Crippen molar-refractivity contribution in [3.63, 3.8) is 0 Å². The molecule has 35 heavy (non-hydrogen) atoms. The van der Waals surface area contributed by atoms with E-state index in [1.54, 1.807) is 0 Å². The highest BCUT2D eigenvalue weighted by Gasteiger charge is 2.30. The Hall–Kier alpha value is -3.88. The zero-order chi connectivity index (χ0) is 25.4. The smallest absolute Gasteiger partial charge is 0.407 e. The molecule has 2 aromatic carbocycles. The fraction of sp³-hybridized carbons (Fsp3) is 0.385. The van der Waals surface area contributed by atoms with Crippen LogP contribution < -0.4 is 16.0 Å². The summed E-state index contributed by atoms with van der Waals surface area (Å²) in [5.74, 6) is -2.03. The summed E-state index contributed by atoms with van der Waals surface area (Å²) in [4.78, 5) is 48.0. The van der Waals surface area contributed by atoms with Gasteiger partial charge in [0, 0.05) is 25.4 Å². The lowest BCUT2D eigenvalue weighted by atomic mass is 9.98. The highest BCUT2D eigenvalue weighted by Crippen LogP contribution is 2.44. The van der Waals surface area contributed by atoms with Gasteiger partial charge in [0.05, 0.1) is 6.42 Å². The number of ether oxygens (including phenoxy) is 1. The van der Waals surface area contributed by atoms with E-state index in [1.165, 1.54) is 0 Å². The van der Waals surface area contributed by atoms with Crippen LogP contribution >= 0.6 is 0 Å². The van der Waals surface area contributed by atoms with Crippen LogP contribution in [0.3, 0.4) is 0 Å². The van der Waals surface area contributed by atoms with Gasteiger partial charge in [-0.05, 0) is 28.2 Å². The van der Waals surface area contributed by atoms with Crippen molar-refractivity contribution >= 4 is 23.9 Å². The minimum Gasteiger partial charge on any atom is -0.481 e. The van der Waals surface area contributed by atoms with Crippen molar-refractivity contribution in [3.8, 4) is 11.1 Å². The summed E-state index contributed by atoms with van der Waals surface area (Å²) >= 11 is 0. The first kappa shape index (κ1) is 25.7. The SMILES string of the molecule is CC(C)CNC(=O)CCNC(=O)C(CC(=O)O)NC(=O)OCC1c2ccccc2-c2ccccc21. The van der Waals surface area contributed by atoms with Crippen molar-refractivity contribution in [3.05, 3.63) is 59.7 Å². The summed E-state index contributed by atoms with van der Waals surface area (Å²) in [6.45, 7) is 4.52. The van der Waals surface area contributed by atoms with Crippen molar-refractivity contribution in [2.75, 3.05) is 19.7 Å². The molecule has 0 bridgehead atoms. The van der Waals surface area contributed by atoms with Crippen molar-refractivity contribution in [1.82, 2.24) is 16.0 Å². The van der Waals surface area contributed by atoms with Gasteiger partial charge < -0.3 is 25.8 Å². The molecular weight excluding hydrogens is 450 g/mol. The Morgan fingerprint density at radius 3 is 2.11 bits per heavy atom. The third-order valence-electron chi connectivity index (χ3n) is 5.69. The molecule has 0 fully saturated rings. The third kappa shape index (κ3) is 7.05. The molecule has 0 heterocycles. The Balaban J connectivity index is 1.55. The normalized spacial score (nSPS) is 12.9. The first-order valence-electron chi connectivity index (χ1n) is 11.6. The number of carbonyl (C=O) groups excluding carboxylic acids is 3. The van der Waals surface area contributed by atoms with Crippen LogP contribution in [0.1, 0.15) is 43.7 Å². The zero-order valence-electron chi connectivity index (χ0n) is 19.9. The molecule has 0 saturated heterocycles. The molecule has 0 aromatic heterocycles. The number of carboxylic acid groups (broad SMARTS) is 1. The summed E-state index contributed by atoms with van der Waals surface area (Å²) in [5.41, 5.74) is 4.24.